The predicted molar refractivity (Wildman–Crippen MR) is 53.0 cm³/mol. The van der Waals surface area contributed by atoms with E-state index in [1.807, 2.05) is 19.9 Å². The fourth-order valence-electron chi connectivity index (χ4n) is 1.71. The Labute approximate surface area is 84.2 Å². The van der Waals surface area contributed by atoms with Crippen LogP contribution in [0.15, 0.2) is 11.6 Å². The topological polar surface area (TPSA) is 49.8 Å². The number of ether oxygens (including phenoxy) is 1. The van der Waals surface area contributed by atoms with E-state index in [2.05, 4.69) is 4.74 Å². The van der Waals surface area contributed by atoms with E-state index in [1.165, 1.54) is 7.11 Å². The Bertz CT molecular complexity index is 246. The fraction of sp³-hybridized carbons (Fsp3) is 0.700. The van der Waals surface area contributed by atoms with Crippen molar-refractivity contribution in [3.63, 3.8) is 0 Å². The lowest BCUT2D eigenvalue weighted by atomic mass is 10.1. The molecule has 0 aliphatic carbocycles. The van der Waals surface area contributed by atoms with Gasteiger partial charge in [0, 0.05) is 0 Å². The van der Waals surface area contributed by atoms with E-state index >= 15 is 0 Å². The zero-order valence-electron chi connectivity index (χ0n) is 8.86. The molecule has 0 aromatic heterocycles. The molecule has 0 radical (unpaired) electrons. The molecule has 14 heavy (non-hydrogen) atoms. The van der Waals surface area contributed by atoms with Gasteiger partial charge >= 0.3 is 6.09 Å². The Morgan fingerprint density at radius 2 is 2.21 bits per heavy atom. The second-order valence-corrected chi connectivity index (χ2v) is 3.82. The normalized spacial score (nSPS) is 26.1. The zero-order valence-corrected chi connectivity index (χ0v) is 8.86. The van der Waals surface area contributed by atoms with E-state index < -0.39 is 6.10 Å². The third kappa shape index (κ3) is 2.48. The number of nitrogens with zero attached hydrogens (tertiary/aromatic N) is 1. The molecular formula is C10H17NO3. The first-order chi connectivity index (χ1) is 6.54. The molecule has 0 spiro atoms. The maximum absolute atomic E-state index is 11.3. The molecule has 1 heterocycles. The Hall–Kier alpha value is -1.03. The number of carbonyl (C=O) groups excluding carboxylic acids is 1. The van der Waals surface area contributed by atoms with Crippen molar-refractivity contribution in [2.45, 2.75) is 32.4 Å². The third-order valence-corrected chi connectivity index (χ3v) is 2.26. The number of methoxy groups -OCH3 is 1. The molecule has 1 N–H and O–H groups in total. The van der Waals surface area contributed by atoms with Crippen molar-refractivity contribution in [1.29, 1.82) is 0 Å². The summed E-state index contributed by atoms with van der Waals surface area (Å²) in [5.41, 5.74) is 1.14. The van der Waals surface area contributed by atoms with E-state index in [4.69, 9.17) is 0 Å². The molecule has 1 aliphatic heterocycles. The van der Waals surface area contributed by atoms with Gasteiger partial charge in [-0.1, -0.05) is 11.6 Å². The van der Waals surface area contributed by atoms with Gasteiger partial charge in [0.05, 0.1) is 25.8 Å². The van der Waals surface area contributed by atoms with Gasteiger partial charge < -0.3 is 9.84 Å². The highest BCUT2D eigenvalue weighted by atomic mass is 16.5. The number of likely N-dealkylation sites (tertiary alicyclic amines) is 1. The van der Waals surface area contributed by atoms with Crippen LogP contribution in [-0.2, 0) is 4.74 Å². The molecule has 4 heteroatoms. The summed E-state index contributed by atoms with van der Waals surface area (Å²) in [6.07, 6.45) is 1.77. The number of hydrogen-bond donors (Lipinski definition) is 1. The van der Waals surface area contributed by atoms with E-state index in [9.17, 15) is 9.90 Å². The minimum atomic E-state index is -0.435. The van der Waals surface area contributed by atoms with Gasteiger partial charge in [-0.15, -0.1) is 0 Å². The maximum Gasteiger partial charge on any atom is 0.410 e. The van der Waals surface area contributed by atoms with Crippen LogP contribution in [-0.4, -0.2) is 41.9 Å². The SMILES string of the molecule is COC(=O)N1C[C@H](O)CC1C=C(C)C. The van der Waals surface area contributed by atoms with E-state index in [0.29, 0.717) is 13.0 Å². The number of allylic oxidation sites excluding steroid dienone is 1. The highest BCUT2D eigenvalue weighted by molar-refractivity contribution is 5.68. The standard InChI is InChI=1S/C10H17NO3/c1-7(2)4-8-5-9(12)6-11(8)10(13)14-3/h4,8-9,12H,5-6H2,1-3H3/t8?,9-/m1/s1. The zero-order chi connectivity index (χ0) is 10.7. The van der Waals surface area contributed by atoms with Gasteiger partial charge in [-0.3, -0.25) is 4.90 Å². The lowest BCUT2D eigenvalue weighted by Gasteiger charge is -2.20. The number of hydrogen-bond acceptors (Lipinski definition) is 3. The number of carbonyl (C=O) groups is 1. The van der Waals surface area contributed by atoms with Gasteiger partial charge in [-0.25, -0.2) is 4.79 Å². The van der Waals surface area contributed by atoms with Crippen LogP contribution in [0.25, 0.3) is 0 Å². The lowest BCUT2D eigenvalue weighted by Crippen LogP contribution is -2.34. The molecule has 1 rings (SSSR count). The molecule has 80 valence electrons. The predicted octanol–water partition coefficient (Wildman–Crippen LogP) is 1.15. The largest absolute Gasteiger partial charge is 0.453 e. The molecule has 0 bridgehead atoms. The molecule has 0 saturated carbocycles. The smallest absolute Gasteiger partial charge is 0.410 e. The average Bonchev–Trinajstić information content (AvgIpc) is 2.44. The second kappa shape index (κ2) is 4.46. The minimum Gasteiger partial charge on any atom is -0.453 e. The molecule has 1 unspecified atom stereocenters. The maximum atomic E-state index is 11.3. The number of amides is 1. The number of rotatable bonds is 1. The van der Waals surface area contributed by atoms with Crippen LogP contribution in [0.4, 0.5) is 4.79 Å². The Morgan fingerprint density at radius 3 is 2.71 bits per heavy atom. The van der Waals surface area contributed by atoms with Crippen LogP contribution < -0.4 is 0 Å². The Morgan fingerprint density at radius 1 is 1.57 bits per heavy atom. The fourth-order valence-corrected chi connectivity index (χ4v) is 1.71. The summed E-state index contributed by atoms with van der Waals surface area (Å²) in [6, 6.07) is -0.0255. The van der Waals surface area contributed by atoms with Crippen molar-refractivity contribution in [3.05, 3.63) is 11.6 Å². The number of aliphatic hydroxyl groups excluding tert-OH is 1. The summed E-state index contributed by atoms with van der Waals surface area (Å²) >= 11 is 0. The van der Waals surface area contributed by atoms with Gasteiger partial charge in [-0.2, -0.15) is 0 Å². The monoisotopic (exact) mass is 199 g/mol. The van der Waals surface area contributed by atoms with Crippen molar-refractivity contribution in [2.24, 2.45) is 0 Å². The van der Waals surface area contributed by atoms with Gasteiger partial charge in [0.2, 0.25) is 0 Å². The van der Waals surface area contributed by atoms with Gasteiger partial charge in [0.25, 0.3) is 0 Å². The van der Waals surface area contributed by atoms with Crippen LogP contribution >= 0.6 is 0 Å². The highest BCUT2D eigenvalue weighted by Gasteiger charge is 2.33. The molecule has 1 fully saturated rings. The van der Waals surface area contributed by atoms with Crippen molar-refractivity contribution in [1.82, 2.24) is 4.90 Å². The van der Waals surface area contributed by atoms with Crippen molar-refractivity contribution < 1.29 is 14.6 Å². The van der Waals surface area contributed by atoms with Crippen molar-refractivity contribution in [3.8, 4) is 0 Å². The Kier molecular flexibility index (Phi) is 3.52. The van der Waals surface area contributed by atoms with Crippen molar-refractivity contribution >= 4 is 6.09 Å². The second-order valence-electron chi connectivity index (χ2n) is 3.82. The van der Waals surface area contributed by atoms with Gasteiger partial charge in [-0.05, 0) is 20.3 Å². The molecule has 1 amide bonds. The van der Waals surface area contributed by atoms with E-state index in [0.717, 1.165) is 5.57 Å². The number of aliphatic hydroxyl groups is 1. The first-order valence-electron chi connectivity index (χ1n) is 4.72. The first-order valence-corrected chi connectivity index (χ1v) is 4.72. The highest BCUT2D eigenvalue weighted by Crippen LogP contribution is 2.20. The van der Waals surface area contributed by atoms with Crippen LogP contribution in [0.5, 0.6) is 0 Å². The molecule has 1 saturated heterocycles. The summed E-state index contributed by atoms with van der Waals surface area (Å²) in [5.74, 6) is 0. The molecule has 0 aromatic rings. The average molecular weight is 199 g/mol. The summed E-state index contributed by atoms with van der Waals surface area (Å²) in [6.45, 7) is 4.31. The lowest BCUT2D eigenvalue weighted by molar-refractivity contribution is 0.117. The third-order valence-electron chi connectivity index (χ3n) is 2.26. The Balaban J connectivity index is 2.72. The molecule has 0 aromatic carbocycles. The molecular weight excluding hydrogens is 182 g/mol. The van der Waals surface area contributed by atoms with Gasteiger partial charge in [0.15, 0.2) is 0 Å². The van der Waals surface area contributed by atoms with Crippen LogP contribution in [0.2, 0.25) is 0 Å². The van der Waals surface area contributed by atoms with Gasteiger partial charge in [0.1, 0.15) is 0 Å². The first kappa shape index (κ1) is 11.0. The van der Waals surface area contributed by atoms with Crippen molar-refractivity contribution in [2.75, 3.05) is 13.7 Å². The summed E-state index contributed by atoms with van der Waals surface area (Å²) < 4.78 is 4.64. The summed E-state index contributed by atoms with van der Waals surface area (Å²) in [7, 11) is 1.35. The summed E-state index contributed by atoms with van der Waals surface area (Å²) in [5, 5.41) is 9.45. The number of β-amino-alcohol motifs (C(OH)–C–C–N with tert-alkyl or cyclic N) is 1. The molecule has 2 atom stereocenters. The van der Waals surface area contributed by atoms with E-state index in [1.54, 1.807) is 4.90 Å². The molecule has 4 nitrogen and oxygen atoms in total. The van der Waals surface area contributed by atoms with Crippen LogP contribution in [0.1, 0.15) is 20.3 Å². The van der Waals surface area contributed by atoms with E-state index in [-0.39, 0.29) is 12.1 Å². The molecule has 1 aliphatic rings. The quantitative estimate of drug-likeness (QED) is 0.644. The minimum absolute atomic E-state index is 0.0255. The van der Waals surface area contributed by atoms with Crippen LogP contribution in [0, 0.1) is 0 Å². The van der Waals surface area contributed by atoms with Crippen LogP contribution in [0.3, 0.4) is 0 Å². The summed E-state index contributed by atoms with van der Waals surface area (Å²) in [4.78, 5) is 12.9.